The maximum atomic E-state index is 11.2. The van der Waals surface area contributed by atoms with Crippen molar-refractivity contribution < 1.29 is 9.66 Å². The van der Waals surface area contributed by atoms with Crippen LogP contribution in [0.5, 0.6) is 11.5 Å². The molecule has 0 bridgehead atoms. The van der Waals surface area contributed by atoms with Gasteiger partial charge in [0.05, 0.1) is 20.3 Å². The molecule has 6 heteroatoms. The molecular weight excluding hydrogens is 336 g/mol. The molecule has 0 atom stereocenters. The van der Waals surface area contributed by atoms with Gasteiger partial charge >= 0.3 is 5.69 Å². The van der Waals surface area contributed by atoms with Gasteiger partial charge in [-0.2, -0.15) is 0 Å². The summed E-state index contributed by atoms with van der Waals surface area (Å²) in [5.74, 6) is 0.703. The summed E-state index contributed by atoms with van der Waals surface area (Å²) in [5, 5.41) is 11.8. The molecule has 0 spiro atoms. The average Bonchev–Trinajstić information content (AvgIpc) is 2.49. The summed E-state index contributed by atoms with van der Waals surface area (Å²) in [6.07, 6.45) is 1.22. The number of ether oxygens (including phenoxy) is 1. The highest BCUT2D eigenvalue weighted by atomic mass is 79.9. The topological polar surface area (TPSA) is 65.3 Å². The first-order chi connectivity index (χ1) is 10.2. The Morgan fingerprint density at radius 2 is 1.81 bits per heavy atom. The third-order valence-electron chi connectivity index (χ3n) is 2.95. The maximum Gasteiger partial charge on any atom is 0.330 e. The third-order valence-corrected chi connectivity index (χ3v) is 3.61. The summed E-state index contributed by atoms with van der Waals surface area (Å²) in [4.78, 5) is 14.8. The van der Waals surface area contributed by atoms with Crippen LogP contribution in [0.4, 0.5) is 5.69 Å². The lowest BCUT2D eigenvalue weighted by Crippen LogP contribution is -1.96. The summed E-state index contributed by atoms with van der Waals surface area (Å²) < 4.78 is 6.51. The zero-order valence-electron chi connectivity index (χ0n) is 10.7. The monoisotopic (exact) mass is 344 g/mol. The minimum absolute atomic E-state index is 0.163. The van der Waals surface area contributed by atoms with Crippen molar-refractivity contribution in [2.45, 2.75) is 0 Å². The second-order valence-electron chi connectivity index (χ2n) is 4.28. The molecule has 2 aromatic carbocycles. The molecule has 0 radical (unpaired) electrons. The Morgan fingerprint density at radius 3 is 2.57 bits per heavy atom. The van der Waals surface area contributed by atoms with Gasteiger partial charge in [-0.3, -0.25) is 10.1 Å². The Hall–Kier alpha value is -2.47. The van der Waals surface area contributed by atoms with Gasteiger partial charge in [-0.15, -0.1) is 0 Å². The summed E-state index contributed by atoms with van der Waals surface area (Å²) in [6.45, 7) is 0. The van der Waals surface area contributed by atoms with Crippen LogP contribution in [0.15, 0.2) is 59.2 Å². The van der Waals surface area contributed by atoms with Crippen LogP contribution >= 0.6 is 15.9 Å². The minimum atomic E-state index is -0.494. The van der Waals surface area contributed by atoms with Gasteiger partial charge in [0, 0.05) is 0 Å². The molecule has 0 fully saturated rings. The summed E-state index contributed by atoms with van der Waals surface area (Å²) >= 11 is 3.37. The molecule has 0 saturated heterocycles. The summed E-state index contributed by atoms with van der Waals surface area (Å²) in [6, 6.07) is 14.3. The Kier molecular flexibility index (Phi) is 3.53. The van der Waals surface area contributed by atoms with Crippen molar-refractivity contribution in [2.75, 3.05) is 0 Å². The van der Waals surface area contributed by atoms with Gasteiger partial charge in [0.2, 0.25) is 5.75 Å². The molecule has 1 aromatic heterocycles. The van der Waals surface area contributed by atoms with E-state index < -0.39 is 4.92 Å². The number of fused-ring (bicyclic) bond motifs is 1. The second-order valence-corrected chi connectivity index (χ2v) is 5.13. The Labute approximate surface area is 128 Å². The number of halogens is 1. The Balaban J connectivity index is 2.21. The molecule has 0 aliphatic heterocycles. The van der Waals surface area contributed by atoms with Gasteiger partial charge in [0.25, 0.3) is 0 Å². The maximum absolute atomic E-state index is 11.2. The minimum Gasteiger partial charge on any atom is -0.448 e. The quantitative estimate of drug-likeness (QED) is 0.510. The highest BCUT2D eigenvalue weighted by Crippen LogP contribution is 2.39. The molecule has 0 N–H and O–H groups in total. The highest BCUT2D eigenvalue weighted by Gasteiger charge is 2.20. The van der Waals surface area contributed by atoms with Crippen LogP contribution in [-0.2, 0) is 0 Å². The van der Waals surface area contributed by atoms with Crippen LogP contribution in [0.25, 0.3) is 10.9 Å². The van der Waals surface area contributed by atoms with Gasteiger partial charge in [-0.25, -0.2) is 4.98 Å². The van der Waals surface area contributed by atoms with E-state index in [1.165, 1.54) is 6.20 Å². The number of nitro groups is 1. The Bertz CT molecular complexity index is 836. The van der Waals surface area contributed by atoms with Crippen molar-refractivity contribution in [3.63, 3.8) is 0 Å². The molecule has 5 nitrogen and oxygen atoms in total. The number of nitrogens with zero attached hydrogens (tertiary/aromatic N) is 2. The predicted octanol–water partition coefficient (Wildman–Crippen LogP) is 4.70. The summed E-state index contributed by atoms with van der Waals surface area (Å²) in [7, 11) is 0. The predicted molar refractivity (Wildman–Crippen MR) is 82.6 cm³/mol. The van der Waals surface area contributed by atoms with E-state index >= 15 is 0 Å². The molecular formula is C15H9BrN2O3. The lowest BCUT2D eigenvalue weighted by molar-refractivity contribution is -0.385. The molecule has 0 saturated carbocycles. The van der Waals surface area contributed by atoms with Crippen molar-refractivity contribution in [2.24, 2.45) is 0 Å². The van der Waals surface area contributed by atoms with Gasteiger partial charge < -0.3 is 4.74 Å². The van der Waals surface area contributed by atoms with Gasteiger partial charge in [-0.05, 0) is 40.2 Å². The lowest BCUT2D eigenvalue weighted by atomic mass is 10.2. The molecule has 0 amide bonds. The van der Waals surface area contributed by atoms with E-state index in [2.05, 4.69) is 20.9 Å². The van der Waals surface area contributed by atoms with Gasteiger partial charge in [-0.1, -0.05) is 24.3 Å². The smallest absolute Gasteiger partial charge is 0.330 e. The number of pyridine rings is 1. The van der Waals surface area contributed by atoms with Crippen LogP contribution in [0.1, 0.15) is 0 Å². The van der Waals surface area contributed by atoms with Crippen molar-refractivity contribution in [3.8, 4) is 11.5 Å². The van der Waals surface area contributed by atoms with Crippen molar-refractivity contribution in [3.05, 3.63) is 69.3 Å². The molecule has 21 heavy (non-hydrogen) atoms. The fourth-order valence-electron chi connectivity index (χ4n) is 1.98. The van der Waals surface area contributed by atoms with Crippen molar-refractivity contribution in [1.82, 2.24) is 4.98 Å². The first-order valence-corrected chi connectivity index (χ1v) is 6.90. The van der Waals surface area contributed by atoms with Crippen LogP contribution in [0.2, 0.25) is 0 Å². The van der Waals surface area contributed by atoms with Gasteiger partial charge in [0.15, 0.2) is 0 Å². The number of hydrogen-bond donors (Lipinski definition) is 0. The molecule has 3 aromatic rings. The fraction of sp³-hybridized carbons (Fsp3) is 0. The summed E-state index contributed by atoms with van der Waals surface area (Å²) in [5.41, 5.74) is 0.481. The number of hydrogen-bond acceptors (Lipinski definition) is 4. The Morgan fingerprint density at radius 1 is 1.10 bits per heavy atom. The number of aromatic nitrogens is 1. The molecule has 1 heterocycles. The zero-order valence-corrected chi connectivity index (χ0v) is 12.3. The normalized spacial score (nSPS) is 10.5. The van der Waals surface area contributed by atoms with Crippen LogP contribution in [-0.4, -0.2) is 9.91 Å². The number of benzene rings is 2. The lowest BCUT2D eigenvalue weighted by Gasteiger charge is -2.10. The van der Waals surface area contributed by atoms with Gasteiger partial charge in [0.1, 0.15) is 11.9 Å². The molecule has 0 aliphatic carbocycles. The molecule has 3 rings (SSSR count). The zero-order chi connectivity index (χ0) is 14.8. The van der Waals surface area contributed by atoms with Crippen LogP contribution < -0.4 is 4.74 Å². The van der Waals surface area contributed by atoms with Crippen molar-refractivity contribution >= 4 is 32.5 Å². The van der Waals surface area contributed by atoms with Crippen LogP contribution in [0.3, 0.4) is 0 Å². The first kappa shape index (κ1) is 13.5. The molecule has 0 aliphatic rings. The largest absolute Gasteiger partial charge is 0.448 e. The van der Waals surface area contributed by atoms with E-state index in [4.69, 9.17) is 4.74 Å². The van der Waals surface area contributed by atoms with E-state index in [9.17, 15) is 10.1 Å². The molecule has 0 unspecified atom stereocenters. The van der Waals surface area contributed by atoms with E-state index in [1.807, 2.05) is 18.2 Å². The van der Waals surface area contributed by atoms with E-state index in [1.54, 1.807) is 30.3 Å². The van der Waals surface area contributed by atoms with E-state index in [-0.39, 0.29) is 11.4 Å². The SMILES string of the molecule is O=[N+]([O-])c1cnc2ccccc2c1Oc1ccccc1Br. The van der Waals surface area contributed by atoms with E-state index in [0.29, 0.717) is 16.7 Å². The standard InChI is InChI=1S/C15H9BrN2O3/c16-11-6-2-4-8-14(11)21-15-10-5-1-3-7-12(10)17-9-13(15)18(19)20/h1-9H. The number of rotatable bonds is 3. The first-order valence-electron chi connectivity index (χ1n) is 6.11. The molecule has 104 valence electrons. The van der Waals surface area contributed by atoms with Crippen molar-refractivity contribution in [1.29, 1.82) is 0 Å². The fourth-order valence-corrected chi connectivity index (χ4v) is 2.35. The van der Waals surface area contributed by atoms with Crippen LogP contribution in [0, 0.1) is 10.1 Å². The second kappa shape index (κ2) is 5.49. The highest BCUT2D eigenvalue weighted by molar-refractivity contribution is 9.10. The number of para-hydroxylation sites is 2. The average molecular weight is 345 g/mol. The van der Waals surface area contributed by atoms with E-state index in [0.717, 1.165) is 4.47 Å². The third kappa shape index (κ3) is 2.57.